The molecule has 1 aliphatic carbocycles. The van der Waals surface area contributed by atoms with Crippen molar-refractivity contribution in [2.24, 2.45) is 11.5 Å². The first kappa shape index (κ1) is 20.6. The minimum Gasteiger partial charge on any atom is -0.366 e. The van der Waals surface area contributed by atoms with E-state index in [1.807, 2.05) is 18.2 Å². The van der Waals surface area contributed by atoms with Crippen LogP contribution in [0.2, 0.25) is 0 Å². The van der Waals surface area contributed by atoms with E-state index in [1.54, 1.807) is 6.07 Å². The number of carbonyl (C=O) groups is 1. The summed E-state index contributed by atoms with van der Waals surface area (Å²) >= 11 is 0. The highest BCUT2D eigenvalue weighted by molar-refractivity contribution is 5.93. The van der Waals surface area contributed by atoms with Crippen molar-refractivity contribution in [1.82, 2.24) is 4.90 Å². The van der Waals surface area contributed by atoms with Crippen molar-refractivity contribution in [3.8, 4) is 0 Å². The molecule has 2 aliphatic rings. The molecule has 158 valence electrons. The van der Waals surface area contributed by atoms with Crippen molar-refractivity contribution >= 4 is 5.91 Å². The molecule has 4 nitrogen and oxygen atoms in total. The molecular weight excluding hydrogens is 391 g/mol. The second-order valence-corrected chi connectivity index (χ2v) is 8.17. The lowest BCUT2D eigenvalue weighted by molar-refractivity contribution is 0.1000. The van der Waals surface area contributed by atoms with Gasteiger partial charge in [0.2, 0.25) is 5.91 Å². The average Bonchev–Trinajstić information content (AvgIpc) is 2.70. The van der Waals surface area contributed by atoms with E-state index in [1.165, 1.54) is 5.56 Å². The van der Waals surface area contributed by atoms with Gasteiger partial charge in [0.25, 0.3) is 0 Å². The number of amides is 1. The van der Waals surface area contributed by atoms with Crippen LogP contribution >= 0.6 is 0 Å². The average molecular weight is 415 g/mol. The molecule has 30 heavy (non-hydrogen) atoms. The zero-order valence-corrected chi connectivity index (χ0v) is 16.5. The Labute approximate surface area is 173 Å². The molecule has 7 heteroatoms. The summed E-state index contributed by atoms with van der Waals surface area (Å²) in [5.41, 5.74) is 15.8. The molecule has 0 saturated heterocycles. The summed E-state index contributed by atoms with van der Waals surface area (Å²) in [5, 5.41) is 0. The number of carbonyl (C=O) groups excluding carboxylic acids is 1. The highest BCUT2D eigenvalue weighted by atomic mass is 19.2. The van der Waals surface area contributed by atoms with E-state index in [2.05, 4.69) is 4.90 Å². The molecule has 0 spiro atoms. The van der Waals surface area contributed by atoms with Gasteiger partial charge in [-0.15, -0.1) is 0 Å². The Morgan fingerprint density at radius 2 is 1.83 bits per heavy atom. The Balaban J connectivity index is 1.45. The normalized spacial score (nSPS) is 21.8. The van der Waals surface area contributed by atoms with Crippen molar-refractivity contribution in [3.63, 3.8) is 0 Å². The van der Waals surface area contributed by atoms with Crippen LogP contribution in [0.25, 0.3) is 0 Å². The van der Waals surface area contributed by atoms with E-state index in [9.17, 15) is 18.0 Å². The van der Waals surface area contributed by atoms with Crippen LogP contribution in [0.3, 0.4) is 0 Å². The summed E-state index contributed by atoms with van der Waals surface area (Å²) in [6, 6.07) is 6.71. The Bertz CT molecular complexity index is 1020. The van der Waals surface area contributed by atoms with Crippen LogP contribution in [-0.4, -0.2) is 29.9 Å². The van der Waals surface area contributed by atoms with Crippen LogP contribution < -0.4 is 11.5 Å². The van der Waals surface area contributed by atoms with Crippen LogP contribution in [0, 0.1) is 17.5 Å². The van der Waals surface area contributed by atoms with Gasteiger partial charge in [-0.05, 0) is 54.2 Å². The predicted octanol–water partition coefficient (Wildman–Crippen LogP) is 3.39. The lowest BCUT2D eigenvalue weighted by atomic mass is 9.80. The molecule has 2 aromatic rings. The van der Waals surface area contributed by atoms with Gasteiger partial charge in [-0.2, -0.15) is 0 Å². The molecule has 2 atom stereocenters. The fourth-order valence-corrected chi connectivity index (χ4v) is 4.50. The molecule has 1 aliphatic heterocycles. The summed E-state index contributed by atoms with van der Waals surface area (Å²) in [7, 11) is 0. The van der Waals surface area contributed by atoms with E-state index in [4.69, 9.17) is 11.5 Å². The number of nitrogens with two attached hydrogens (primary N) is 2. The number of hydrogen-bond acceptors (Lipinski definition) is 3. The first-order valence-electron chi connectivity index (χ1n) is 10.0. The molecule has 0 aromatic heterocycles. The van der Waals surface area contributed by atoms with Gasteiger partial charge < -0.3 is 11.5 Å². The summed E-state index contributed by atoms with van der Waals surface area (Å²) in [6.45, 7) is 2.32. The second-order valence-electron chi connectivity index (χ2n) is 8.17. The van der Waals surface area contributed by atoms with E-state index >= 15 is 0 Å². The number of primary amides is 1. The largest absolute Gasteiger partial charge is 0.366 e. The summed E-state index contributed by atoms with van der Waals surface area (Å²) in [5.74, 6) is -3.84. The van der Waals surface area contributed by atoms with E-state index in [0.717, 1.165) is 36.7 Å². The summed E-state index contributed by atoms with van der Waals surface area (Å²) < 4.78 is 41.0. The quantitative estimate of drug-likeness (QED) is 0.594. The molecule has 4 rings (SSSR count). The minimum absolute atomic E-state index is 0.127. The highest BCUT2D eigenvalue weighted by Gasteiger charge is 2.29. The van der Waals surface area contributed by atoms with Gasteiger partial charge in [0.05, 0.1) is 0 Å². The van der Waals surface area contributed by atoms with Gasteiger partial charge in [-0.25, -0.2) is 13.2 Å². The van der Waals surface area contributed by atoms with Crippen LogP contribution in [0.4, 0.5) is 13.2 Å². The zero-order chi connectivity index (χ0) is 21.4. The Kier molecular flexibility index (Phi) is 5.66. The maximum Gasteiger partial charge on any atom is 0.248 e. The molecule has 2 unspecified atom stereocenters. The van der Waals surface area contributed by atoms with Crippen molar-refractivity contribution in [3.05, 3.63) is 81.7 Å². The molecule has 1 heterocycles. The summed E-state index contributed by atoms with van der Waals surface area (Å²) in [4.78, 5) is 13.7. The molecule has 0 bridgehead atoms. The topological polar surface area (TPSA) is 72.4 Å². The maximum absolute atomic E-state index is 14.2. The smallest absolute Gasteiger partial charge is 0.248 e. The number of rotatable bonds is 4. The maximum atomic E-state index is 14.2. The van der Waals surface area contributed by atoms with Gasteiger partial charge in [0.15, 0.2) is 11.6 Å². The molecule has 0 saturated carbocycles. The van der Waals surface area contributed by atoms with Crippen molar-refractivity contribution in [2.45, 2.75) is 37.8 Å². The number of fused-ring (bicyclic) bond motifs is 1. The molecule has 4 N–H and O–H groups in total. The number of nitrogens with zero attached hydrogens (tertiary/aromatic N) is 1. The lowest BCUT2D eigenvalue weighted by Gasteiger charge is -2.34. The van der Waals surface area contributed by atoms with Crippen LogP contribution in [0.15, 0.2) is 42.0 Å². The van der Waals surface area contributed by atoms with Gasteiger partial charge in [0, 0.05) is 43.2 Å². The fraction of sp³-hybridized carbons (Fsp3) is 0.348. The monoisotopic (exact) mass is 415 g/mol. The van der Waals surface area contributed by atoms with Crippen LogP contribution in [-0.2, 0) is 13.0 Å². The minimum atomic E-state index is -1.19. The Morgan fingerprint density at radius 3 is 2.57 bits per heavy atom. The Morgan fingerprint density at radius 1 is 1.07 bits per heavy atom. The van der Waals surface area contributed by atoms with Crippen molar-refractivity contribution in [1.29, 1.82) is 0 Å². The number of halogens is 3. The third kappa shape index (κ3) is 4.13. The zero-order valence-electron chi connectivity index (χ0n) is 16.5. The SMILES string of the molecule is NC(=O)c1ccc2c(c1)CN(CC1=CCC(c3cc(F)c(F)cc3F)C(N)C1)CC2. The van der Waals surface area contributed by atoms with Gasteiger partial charge in [-0.1, -0.05) is 17.7 Å². The third-order valence-corrected chi connectivity index (χ3v) is 6.12. The Hall–Kier alpha value is -2.64. The highest BCUT2D eigenvalue weighted by Crippen LogP contribution is 2.34. The van der Waals surface area contributed by atoms with Crippen molar-refractivity contribution < 1.29 is 18.0 Å². The molecule has 0 fully saturated rings. The van der Waals surface area contributed by atoms with E-state index in [-0.39, 0.29) is 17.5 Å². The molecule has 2 aromatic carbocycles. The lowest BCUT2D eigenvalue weighted by Crippen LogP contribution is -2.37. The van der Waals surface area contributed by atoms with E-state index in [0.29, 0.717) is 31.0 Å². The van der Waals surface area contributed by atoms with E-state index < -0.39 is 23.4 Å². The van der Waals surface area contributed by atoms with Gasteiger partial charge >= 0.3 is 0 Å². The molecule has 1 amide bonds. The number of benzene rings is 2. The standard InChI is InChI=1S/C23H24F3N3O/c24-19-10-21(26)20(25)9-18(19)17-4-1-13(7-22(17)27)11-29-6-5-14-2-3-15(23(28)30)8-16(14)12-29/h1-3,8-10,17,22H,4-7,11-12,27H2,(H2,28,30). The summed E-state index contributed by atoms with van der Waals surface area (Å²) in [6.07, 6.45) is 3.96. The first-order valence-corrected chi connectivity index (χ1v) is 10.0. The molecule has 0 radical (unpaired) electrons. The van der Waals surface area contributed by atoms with Gasteiger partial charge in [0.1, 0.15) is 5.82 Å². The van der Waals surface area contributed by atoms with Crippen LogP contribution in [0.5, 0.6) is 0 Å². The number of allylic oxidation sites excluding steroid dienone is 1. The van der Waals surface area contributed by atoms with Crippen LogP contribution in [0.1, 0.15) is 45.8 Å². The third-order valence-electron chi connectivity index (χ3n) is 6.12. The first-order chi connectivity index (χ1) is 14.3. The second kappa shape index (κ2) is 8.24. The van der Waals surface area contributed by atoms with Gasteiger partial charge in [-0.3, -0.25) is 9.69 Å². The number of hydrogen-bond donors (Lipinski definition) is 2. The molecular formula is C23H24F3N3O. The predicted molar refractivity (Wildman–Crippen MR) is 108 cm³/mol. The fourth-order valence-electron chi connectivity index (χ4n) is 4.50. The van der Waals surface area contributed by atoms with Crippen molar-refractivity contribution in [2.75, 3.05) is 13.1 Å².